The first-order chi connectivity index (χ1) is 17.0. The van der Waals surface area contributed by atoms with Crippen LogP contribution in [0.25, 0.3) is 28.2 Å². The van der Waals surface area contributed by atoms with Gasteiger partial charge in [0.05, 0.1) is 0 Å². The zero-order chi connectivity index (χ0) is 24.4. The molecule has 0 aliphatic carbocycles. The minimum atomic E-state index is -0.132. The van der Waals surface area contributed by atoms with Gasteiger partial charge >= 0.3 is 0 Å². The van der Waals surface area contributed by atoms with E-state index in [0.29, 0.717) is 34.1 Å². The molecular formula is C27H22N6O2. The van der Waals surface area contributed by atoms with Crippen LogP contribution in [0.1, 0.15) is 24.2 Å². The van der Waals surface area contributed by atoms with Crippen molar-refractivity contribution in [1.29, 1.82) is 0 Å². The highest BCUT2D eigenvalue weighted by Crippen LogP contribution is 2.29. The van der Waals surface area contributed by atoms with E-state index in [2.05, 4.69) is 15.6 Å². The Balaban J connectivity index is 1.63. The molecule has 0 spiro atoms. The summed E-state index contributed by atoms with van der Waals surface area (Å²) in [5.41, 5.74) is 4.94. The van der Waals surface area contributed by atoms with Crippen LogP contribution in [0, 0.1) is 0 Å². The number of imidazole rings is 1. The van der Waals surface area contributed by atoms with Gasteiger partial charge in [0.25, 0.3) is 0 Å². The normalized spacial score (nSPS) is 10.8. The molecule has 8 nitrogen and oxygen atoms in total. The van der Waals surface area contributed by atoms with Gasteiger partial charge in [-0.1, -0.05) is 36.4 Å². The first-order valence-electron chi connectivity index (χ1n) is 11.0. The number of benzene rings is 3. The summed E-state index contributed by atoms with van der Waals surface area (Å²) < 4.78 is 1.90. The Morgan fingerprint density at radius 3 is 2.29 bits per heavy atom. The fraction of sp³-hybridized carbons (Fsp3) is 0.0741. The zero-order valence-corrected chi connectivity index (χ0v) is 19.2. The number of ketones is 1. The highest BCUT2D eigenvalue weighted by atomic mass is 16.1. The van der Waals surface area contributed by atoms with Crippen molar-refractivity contribution in [3.8, 4) is 17.1 Å². The van der Waals surface area contributed by atoms with Gasteiger partial charge in [-0.2, -0.15) is 0 Å². The Kier molecular flexibility index (Phi) is 5.76. The van der Waals surface area contributed by atoms with Crippen molar-refractivity contribution in [2.75, 3.05) is 10.6 Å². The van der Waals surface area contributed by atoms with Gasteiger partial charge in [-0.25, -0.2) is 15.0 Å². The third-order valence-electron chi connectivity index (χ3n) is 5.43. The highest BCUT2D eigenvalue weighted by molar-refractivity contribution is 5.95. The van der Waals surface area contributed by atoms with E-state index in [9.17, 15) is 9.59 Å². The van der Waals surface area contributed by atoms with Gasteiger partial charge in [0, 0.05) is 35.1 Å². The van der Waals surface area contributed by atoms with Crippen molar-refractivity contribution >= 4 is 40.0 Å². The van der Waals surface area contributed by atoms with Crippen LogP contribution in [-0.2, 0) is 4.79 Å². The van der Waals surface area contributed by atoms with E-state index < -0.39 is 0 Å². The maximum absolute atomic E-state index is 11.9. The molecule has 1 amide bonds. The maximum atomic E-state index is 11.9. The molecule has 3 aromatic carbocycles. The fourth-order valence-corrected chi connectivity index (χ4v) is 3.75. The third-order valence-corrected chi connectivity index (χ3v) is 5.43. The monoisotopic (exact) mass is 462 g/mol. The molecule has 0 saturated carbocycles. The summed E-state index contributed by atoms with van der Waals surface area (Å²) in [6.07, 6.45) is 1.72. The van der Waals surface area contributed by atoms with Crippen LogP contribution in [0.2, 0.25) is 0 Å². The number of nitrogens with zero attached hydrogens (tertiary/aromatic N) is 4. The average Bonchev–Trinajstić information content (AvgIpc) is 3.30. The Morgan fingerprint density at radius 2 is 1.57 bits per heavy atom. The van der Waals surface area contributed by atoms with Crippen molar-refractivity contribution in [2.45, 2.75) is 13.8 Å². The summed E-state index contributed by atoms with van der Waals surface area (Å²) in [5, 5.41) is 6.09. The predicted octanol–water partition coefficient (Wildman–Crippen LogP) is 5.39. The van der Waals surface area contributed by atoms with E-state index in [0.717, 1.165) is 16.9 Å². The molecule has 0 radical (unpaired) electrons. The number of amides is 1. The number of rotatable bonds is 6. The Bertz CT molecular complexity index is 1540. The predicted molar refractivity (Wildman–Crippen MR) is 136 cm³/mol. The summed E-state index contributed by atoms with van der Waals surface area (Å²) >= 11 is 0. The van der Waals surface area contributed by atoms with E-state index in [-0.39, 0.29) is 11.7 Å². The maximum Gasteiger partial charge on any atom is 0.221 e. The molecule has 0 bridgehead atoms. The standard InChI is InChI=1S/C27H22N6O2/c1-17(34)19-7-6-8-20(15-19)25-31-26(30-22-13-11-21(12-14-22)29-18(2)35)24-27(32-25)33(16-28-24)23-9-4-3-5-10-23/h3-16H,1-2H3,(H,29,35)(H,30,31,32). The van der Waals surface area contributed by atoms with Gasteiger partial charge in [-0.15, -0.1) is 0 Å². The summed E-state index contributed by atoms with van der Waals surface area (Å²) in [6, 6.07) is 24.4. The lowest BCUT2D eigenvalue weighted by molar-refractivity contribution is -0.114. The van der Waals surface area contributed by atoms with Crippen molar-refractivity contribution in [3.63, 3.8) is 0 Å². The summed E-state index contributed by atoms with van der Waals surface area (Å²) in [5.74, 6) is 0.836. The van der Waals surface area contributed by atoms with Crippen LogP contribution in [0.4, 0.5) is 17.2 Å². The van der Waals surface area contributed by atoms with E-state index in [4.69, 9.17) is 9.97 Å². The van der Waals surface area contributed by atoms with E-state index in [1.807, 2.05) is 71.3 Å². The molecular weight excluding hydrogens is 440 g/mol. The molecule has 8 heteroatoms. The van der Waals surface area contributed by atoms with Crippen molar-refractivity contribution in [2.24, 2.45) is 0 Å². The molecule has 5 rings (SSSR count). The molecule has 35 heavy (non-hydrogen) atoms. The van der Waals surface area contributed by atoms with Crippen LogP contribution < -0.4 is 10.6 Å². The Labute approximate surface area is 201 Å². The number of carbonyl (C=O) groups excluding carboxylic acids is 2. The summed E-state index contributed by atoms with van der Waals surface area (Å²) in [7, 11) is 0. The molecule has 0 fully saturated rings. The lowest BCUT2D eigenvalue weighted by Crippen LogP contribution is -2.05. The number of Topliss-reactive ketones (excluding diaryl/α,β-unsaturated/α-hetero) is 1. The number of anilines is 3. The molecule has 2 heterocycles. The first kappa shape index (κ1) is 22.0. The van der Waals surface area contributed by atoms with Crippen LogP contribution >= 0.6 is 0 Å². The minimum Gasteiger partial charge on any atom is -0.338 e. The lowest BCUT2D eigenvalue weighted by atomic mass is 10.1. The van der Waals surface area contributed by atoms with Crippen LogP contribution in [0.15, 0.2) is 85.2 Å². The van der Waals surface area contributed by atoms with Gasteiger partial charge in [-0.3, -0.25) is 14.2 Å². The second-order valence-corrected chi connectivity index (χ2v) is 8.04. The second kappa shape index (κ2) is 9.18. The van der Waals surface area contributed by atoms with Crippen molar-refractivity contribution < 1.29 is 9.59 Å². The largest absolute Gasteiger partial charge is 0.338 e. The number of fused-ring (bicyclic) bond motifs is 1. The lowest BCUT2D eigenvalue weighted by Gasteiger charge is -2.11. The number of hydrogen-bond donors (Lipinski definition) is 2. The number of carbonyl (C=O) groups is 2. The topological polar surface area (TPSA) is 102 Å². The SMILES string of the molecule is CC(=O)Nc1ccc(Nc2nc(-c3cccc(C(C)=O)c3)nc3c2ncn3-c2ccccc2)cc1. The molecule has 0 aliphatic rings. The third kappa shape index (κ3) is 4.63. The van der Waals surface area contributed by atoms with Gasteiger partial charge in [0.2, 0.25) is 5.91 Å². The van der Waals surface area contributed by atoms with Gasteiger partial charge in [-0.05, 0) is 49.4 Å². The van der Waals surface area contributed by atoms with Crippen molar-refractivity contribution in [1.82, 2.24) is 19.5 Å². The van der Waals surface area contributed by atoms with Crippen molar-refractivity contribution in [3.05, 3.63) is 90.8 Å². The van der Waals surface area contributed by atoms with Crippen LogP contribution in [0.3, 0.4) is 0 Å². The quantitative estimate of drug-likeness (QED) is 0.328. The Morgan fingerprint density at radius 1 is 0.829 bits per heavy atom. The van der Waals surface area contributed by atoms with Crippen LogP contribution in [-0.4, -0.2) is 31.2 Å². The van der Waals surface area contributed by atoms with Gasteiger partial charge in [0.15, 0.2) is 28.6 Å². The van der Waals surface area contributed by atoms with Crippen LogP contribution in [0.5, 0.6) is 0 Å². The molecule has 0 unspecified atom stereocenters. The number of hydrogen-bond acceptors (Lipinski definition) is 6. The number of para-hydroxylation sites is 1. The average molecular weight is 463 g/mol. The highest BCUT2D eigenvalue weighted by Gasteiger charge is 2.16. The molecule has 2 aromatic heterocycles. The fourth-order valence-electron chi connectivity index (χ4n) is 3.75. The van der Waals surface area contributed by atoms with Gasteiger partial charge < -0.3 is 10.6 Å². The van der Waals surface area contributed by atoms with E-state index in [1.54, 1.807) is 18.5 Å². The smallest absolute Gasteiger partial charge is 0.221 e. The van der Waals surface area contributed by atoms with E-state index in [1.165, 1.54) is 13.8 Å². The molecule has 0 saturated heterocycles. The molecule has 5 aromatic rings. The first-order valence-corrected chi connectivity index (χ1v) is 11.0. The Hall–Kier alpha value is -4.85. The molecule has 0 aliphatic heterocycles. The molecule has 0 atom stereocenters. The molecule has 2 N–H and O–H groups in total. The zero-order valence-electron chi connectivity index (χ0n) is 19.2. The van der Waals surface area contributed by atoms with Gasteiger partial charge in [0.1, 0.15) is 6.33 Å². The number of nitrogens with one attached hydrogen (secondary N) is 2. The summed E-state index contributed by atoms with van der Waals surface area (Å²) in [6.45, 7) is 3.00. The number of aromatic nitrogens is 4. The molecule has 172 valence electrons. The summed E-state index contributed by atoms with van der Waals surface area (Å²) in [4.78, 5) is 37.4. The minimum absolute atomic E-state index is 0.0279. The second-order valence-electron chi connectivity index (χ2n) is 8.04. The van der Waals surface area contributed by atoms with E-state index >= 15 is 0 Å².